The number of aromatic nitrogens is 4. The van der Waals surface area contributed by atoms with E-state index in [1.54, 1.807) is 23.3 Å². The first-order valence-electron chi connectivity index (χ1n) is 14.4. The van der Waals surface area contributed by atoms with Gasteiger partial charge in [0.15, 0.2) is 0 Å². The summed E-state index contributed by atoms with van der Waals surface area (Å²) in [6.45, 7) is 4.37. The van der Waals surface area contributed by atoms with Crippen molar-refractivity contribution in [3.8, 4) is 16.8 Å². The lowest BCUT2D eigenvalue weighted by atomic mass is 9.93. The predicted molar refractivity (Wildman–Crippen MR) is 164 cm³/mol. The molecule has 2 aromatic heterocycles. The lowest BCUT2D eigenvalue weighted by molar-refractivity contribution is -0.129. The third-order valence-corrected chi connectivity index (χ3v) is 8.40. The van der Waals surface area contributed by atoms with E-state index in [4.69, 9.17) is 16.6 Å². The average Bonchev–Trinajstić information content (AvgIpc) is 3.43. The zero-order valence-electron chi connectivity index (χ0n) is 23.8. The number of nitrogens with zero attached hydrogens (tertiary/aromatic N) is 5. The van der Waals surface area contributed by atoms with Crippen LogP contribution in [-0.4, -0.2) is 43.0 Å². The summed E-state index contributed by atoms with van der Waals surface area (Å²) in [6, 6.07) is 17.3. The minimum Gasteiger partial charge on any atom is -0.330 e. The Bertz CT molecular complexity index is 1680. The van der Waals surface area contributed by atoms with Crippen molar-refractivity contribution in [2.24, 2.45) is 5.92 Å². The molecule has 214 valence electrons. The summed E-state index contributed by atoms with van der Waals surface area (Å²) in [6.07, 6.45) is 9.18. The van der Waals surface area contributed by atoms with Crippen molar-refractivity contribution < 1.29 is 9.59 Å². The molecule has 0 aliphatic carbocycles. The SMILES string of the molecule is Cc1ncn(-c2ccc(Cl)cc2C2=CC(=O)N(C3CCCCC(C)C(=O)Nc4ccccc4-c4ccnc3c4)CC2)n1. The highest BCUT2D eigenvalue weighted by Gasteiger charge is 2.30. The summed E-state index contributed by atoms with van der Waals surface area (Å²) in [4.78, 5) is 37.7. The van der Waals surface area contributed by atoms with Gasteiger partial charge in [-0.25, -0.2) is 9.67 Å². The topological polar surface area (TPSA) is 93.0 Å². The van der Waals surface area contributed by atoms with Crippen LogP contribution < -0.4 is 5.32 Å². The number of anilines is 1. The van der Waals surface area contributed by atoms with Gasteiger partial charge in [0.25, 0.3) is 0 Å². The fourth-order valence-electron chi connectivity index (χ4n) is 5.88. The summed E-state index contributed by atoms with van der Waals surface area (Å²) in [7, 11) is 0. The molecule has 2 aliphatic heterocycles. The highest BCUT2D eigenvalue weighted by atomic mass is 35.5. The summed E-state index contributed by atoms with van der Waals surface area (Å²) in [5.41, 5.74) is 6.15. The molecule has 2 bridgehead atoms. The van der Waals surface area contributed by atoms with Crippen LogP contribution in [0.2, 0.25) is 5.02 Å². The van der Waals surface area contributed by atoms with Crippen molar-refractivity contribution in [1.29, 1.82) is 0 Å². The van der Waals surface area contributed by atoms with E-state index >= 15 is 0 Å². The van der Waals surface area contributed by atoms with E-state index in [1.807, 2.05) is 67.3 Å². The Morgan fingerprint density at radius 3 is 2.62 bits per heavy atom. The first kappa shape index (κ1) is 27.8. The fraction of sp³-hybridized carbons (Fsp3) is 0.303. The van der Waals surface area contributed by atoms with Crippen molar-refractivity contribution in [2.45, 2.75) is 52.0 Å². The van der Waals surface area contributed by atoms with Crippen molar-refractivity contribution in [3.05, 3.63) is 95.3 Å². The molecule has 2 aromatic carbocycles. The van der Waals surface area contributed by atoms with Crippen molar-refractivity contribution in [3.63, 3.8) is 0 Å². The number of halogens is 1. The predicted octanol–water partition coefficient (Wildman–Crippen LogP) is 6.80. The van der Waals surface area contributed by atoms with Crippen LogP contribution in [0.3, 0.4) is 0 Å². The molecule has 0 spiro atoms. The Morgan fingerprint density at radius 1 is 0.976 bits per heavy atom. The molecule has 0 radical (unpaired) electrons. The summed E-state index contributed by atoms with van der Waals surface area (Å²) in [5, 5.41) is 8.20. The van der Waals surface area contributed by atoms with Gasteiger partial charge in [-0.15, -0.1) is 0 Å². The Kier molecular flexibility index (Phi) is 7.89. The number of amides is 2. The first-order chi connectivity index (χ1) is 20.4. The maximum atomic E-state index is 13.8. The monoisotopic (exact) mass is 580 g/mol. The number of rotatable bonds is 3. The normalized spacial score (nSPS) is 19.6. The molecule has 0 fully saturated rings. The number of carbonyl (C=O) groups is 2. The van der Waals surface area contributed by atoms with Crippen molar-refractivity contribution >= 4 is 34.7 Å². The first-order valence-corrected chi connectivity index (χ1v) is 14.8. The van der Waals surface area contributed by atoms with Crippen molar-refractivity contribution in [2.75, 3.05) is 11.9 Å². The van der Waals surface area contributed by atoms with E-state index in [0.717, 1.165) is 65.0 Å². The molecule has 42 heavy (non-hydrogen) atoms. The minimum atomic E-state index is -0.182. The maximum absolute atomic E-state index is 13.8. The number of para-hydroxylation sites is 1. The highest BCUT2D eigenvalue weighted by molar-refractivity contribution is 6.30. The van der Waals surface area contributed by atoms with Gasteiger partial charge in [-0.05, 0) is 73.7 Å². The molecule has 2 amide bonds. The number of hydrogen-bond donors (Lipinski definition) is 1. The van der Waals surface area contributed by atoms with E-state index in [1.165, 1.54) is 0 Å². The largest absolute Gasteiger partial charge is 0.330 e. The Labute approximate surface area is 250 Å². The fourth-order valence-corrected chi connectivity index (χ4v) is 6.06. The summed E-state index contributed by atoms with van der Waals surface area (Å²) in [5.74, 6) is 0.532. The number of aryl methyl sites for hydroxylation is 1. The van der Waals surface area contributed by atoms with Crippen LogP contribution in [0.15, 0.2) is 73.2 Å². The van der Waals surface area contributed by atoms with Gasteiger partial charge in [0.05, 0.1) is 17.4 Å². The molecular formula is C33H33ClN6O2. The van der Waals surface area contributed by atoms with Crippen molar-refractivity contribution in [1.82, 2.24) is 24.6 Å². The second-order valence-corrected chi connectivity index (χ2v) is 11.5. The third-order valence-electron chi connectivity index (χ3n) is 8.17. The number of carbonyl (C=O) groups excluding carboxylic acids is 2. The smallest absolute Gasteiger partial charge is 0.247 e. The van der Waals surface area contributed by atoms with Gasteiger partial charge in [0, 0.05) is 46.6 Å². The molecule has 6 rings (SSSR count). The lowest BCUT2D eigenvalue weighted by Crippen LogP contribution is -2.37. The Balaban J connectivity index is 1.35. The van der Waals surface area contributed by atoms with Gasteiger partial charge < -0.3 is 10.2 Å². The Morgan fingerprint density at radius 2 is 1.81 bits per heavy atom. The van der Waals surface area contributed by atoms with E-state index in [2.05, 4.69) is 21.5 Å². The Hall–Kier alpha value is -4.30. The molecule has 0 saturated heterocycles. The van der Waals surface area contributed by atoms with E-state index in [0.29, 0.717) is 23.8 Å². The quantitative estimate of drug-likeness (QED) is 0.288. The van der Waals surface area contributed by atoms with Crippen LogP contribution in [0.25, 0.3) is 22.4 Å². The molecular weight excluding hydrogens is 548 g/mol. The number of hydrogen-bond acceptors (Lipinski definition) is 5. The minimum absolute atomic E-state index is 0.0258. The van der Waals surface area contributed by atoms with Crippen LogP contribution in [0.5, 0.6) is 0 Å². The molecule has 4 aromatic rings. The number of pyridine rings is 1. The molecule has 2 unspecified atom stereocenters. The standard InChI is InChI=1S/C33H33ClN6O2/c1-21-7-3-6-10-31(29-17-23(13-15-35-29)26-8-4-5-9-28(26)37-33(21)42)39-16-14-24(18-32(39)41)27-19-25(34)11-12-30(27)40-20-36-22(2)38-40/h4-5,8-9,11-13,15,17-21,31H,3,6-7,10,14,16H2,1-2H3,(H,37,42). The molecule has 8 nitrogen and oxygen atoms in total. The van der Waals surface area contributed by atoms with E-state index in [-0.39, 0.29) is 23.8 Å². The van der Waals surface area contributed by atoms with Gasteiger partial charge in [0.2, 0.25) is 11.8 Å². The summed E-state index contributed by atoms with van der Waals surface area (Å²) < 4.78 is 1.72. The zero-order valence-corrected chi connectivity index (χ0v) is 24.5. The van der Waals surface area contributed by atoms with Gasteiger partial charge in [-0.1, -0.05) is 49.6 Å². The van der Waals surface area contributed by atoms with E-state index in [9.17, 15) is 9.59 Å². The molecule has 4 heterocycles. The second-order valence-electron chi connectivity index (χ2n) is 11.1. The molecule has 2 aliphatic rings. The molecule has 2 atom stereocenters. The van der Waals surface area contributed by atoms with Crippen LogP contribution in [-0.2, 0) is 9.59 Å². The molecule has 9 heteroatoms. The zero-order chi connectivity index (χ0) is 29.2. The third kappa shape index (κ3) is 5.72. The molecule has 1 N–H and O–H groups in total. The van der Waals surface area contributed by atoms with Crippen LogP contribution in [0.4, 0.5) is 5.69 Å². The van der Waals surface area contributed by atoms with Gasteiger partial charge in [0.1, 0.15) is 12.2 Å². The number of nitrogens with one attached hydrogen (secondary N) is 1. The second kappa shape index (κ2) is 11.9. The number of fused-ring (bicyclic) bond motifs is 4. The van der Waals surface area contributed by atoms with Gasteiger partial charge in [-0.3, -0.25) is 14.6 Å². The summed E-state index contributed by atoms with van der Waals surface area (Å²) >= 11 is 6.41. The maximum Gasteiger partial charge on any atom is 0.247 e. The van der Waals surface area contributed by atoms with Crippen LogP contribution >= 0.6 is 11.6 Å². The number of benzene rings is 2. The lowest BCUT2D eigenvalue weighted by Gasteiger charge is -2.34. The highest BCUT2D eigenvalue weighted by Crippen LogP contribution is 2.37. The van der Waals surface area contributed by atoms with Crippen LogP contribution in [0.1, 0.15) is 62.2 Å². The average molecular weight is 581 g/mol. The van der Waals surface area contributed by atoms with Crippen LogP contribution in [0, 0.1) is 12.8 Å². The van der Waals surface area contributed by atoms with Gasteiger partial charge >= 0.3 is 0 Å². The molecule has 0 saturated carbocycles. The van der Waals surface area contributed by atoms with E-state index < -0.39 is 0 Å². The van der Waals surface area contributed by atoms with Gasteiger partial charge in [-0.2, -0.15) is 5.10 Å².